The van der Waals surface area contributed by atoms with Gasteiger partial charge in [0.05, 0.1) is 5.56 Å². The van der Waals surface area contributed by atoms with Gasteiger partial charge in [-0.05, 0) is 68.7 Å². The molecule has 8 nitrogen and oxygen atoms in total. The van der Waals surface area contributed by atoms with Crippen molar-refractivity contribution in [3.63, 3.8) is 0 Å². The van der Waals surface area contributed by atoms with Crippen LogP contribution in [-0.4, -0.2) is 42.1 Å². The number of hydrogen-bond donors (Lipinski definition) is 1. The molecule has 0 aliphatic carbocycles. The second kappa shape index (κ2) is 13.8. The molecule has 0 bridgehead atoms. The van der Waals surface area contributed by atoms with E-state index in [4.69, 9.17) is 9.47 Å². The Morgan fingerprint density at radius 2 is 1.44 bits per heavy atom. The zero-order valence-electron chi connectivity index (χ0n) is 22.2. The molecule has 1 atom stereocenters. The highest BCUT2D eigenvalue weighted by molar-refractivity contribution is 6.01. The first-order valence-electron chi connectivity index (χ1n) is 12.6. The molecule has 0 aromatic heterocycles. The van der Waals surface area contributed by atoms with Gasteiger partial charge in [0.25, 0.3) is 0 Å². The fourth-order valence-corrected chi connectivity index (χ4v) is 3.64. The zero-order chi connectivity index (χ0) is 28.4. The summed E-state index contributed by atoms with van der Waals surface area (Å²) in [4.78, 5) is 61.2. The van der Waals surface area contributed by atoms with E-state index >= 15 is 0 Å². The minimum Gasteiger partial charge on any atom is -0.457 e. The van der Waals surface area contributed by atoms with Crippen LogP contribution in [0, 0.1) is 13.8 Å². The predicted octanol–water partition coefficient (Wildman–Crippen LogP) is 5.27. The highest BCUT2D eigenvalue weighted by Crippen LogP contribution is 2.14. The average molecular weight is 530 g/mol. The lowest BCUT2D eigenvalue weighted by Crippen LogP contribution is -2.24. The van der Waals surface area contributed by atoms with Crippen molar-refractivity contribution in [2.24, 2.45) is 0 Å². The molecular weight excluding hydrogens is 498 g/mol. The van der Waals surface area contributed by atoms with Gasteiger partial charge in [-0.2, -0.15) is 0 Å². The molecule has 8 heteroatoms. The normalized spacial score (nSPS) is 11.3. The van der Waals surface area contributed by atoms with Crippen LogP contribution in [0.2, 0.25) is 0 Å². The van der Waals surface area contributed by atoms with E-state index in [0.717, 1.165) is 11.1 Å². The van der Waals surface area contributed by atoms with Crippen LogP contribution in [0.25, 0.3) is 0 Å². The van der Waals surface area contributed by atoms with Crippen molar-refractivity contribution in [2.45, 2.75) is 46.1 Å². The molecule has 0 radical (unpaired) electrons. The number of hydrogen-bond acceptors (Lipinski definition) is 7. The Kier molecular flexibility index (Phi) is 10.3. The quantitative estimate of drug-likeness (QED) is 0.251. The van der Waals surface area contributed by atoms with Gasteiger partial charge >= 0.3 is 11.9 Å². The summed E-state index contributed by atoms with van der Waals surface area (Å²) in [6.45, 7) is 5.02. The maximum Gasteiger partial charge on any atom is 0.338 e. The number of ether oxygens (including phenoxy) is 2. The molecule has 0 saturated carbocycles. The Labute approximate surface area is 227 Å². The first kappa shape index (κ1) is 29.0. The minimum atomic E-state index is -0.948. The highest BCUT2D eigenvalue weighted by Gasteiger charge is 2.20. The average Bonchev–Trinajstić information content (AvgIpc) is 2.93. The van der Waals surface area contributed by atoms with Gasteiger partial charge in [0, 0.05) is 29.7 Å². The van der Waals surface area contributed by atoms with E-state index in [9.17, 15) is 24.0 Å². The van der Waals surface area contributed by atoms with Gasteiger partial charge in [0.2, 0.25) is 11.7 Å². The number of ketones is 2. The standard InChI is InChI=1S/C31H31NO7/c1-20-12-13-25(18-21(20)2)27(33)19-38-29(35)11-7-10-28(34)32-26-16-14-24(15-17-26)31(37)39-22(3)30(36)23-8-5-4-6-9-23/h4-6,8-9,12-18,22H,7,10-11,19H2,1-3H3,(H,32,34)/t22-/m1/s1. The van der Waals surface area contributed by atoms with E-state index in [1.807, 2.05) is 19.9 Å². The molecule has 39 heavy (non-hydrogen) atoms. The molecule has 1 amide bonds. The number of Topliss-reactive ketones (excluding diaryl/α,β-unsaturated/α-hetero) is 2. The summed E-state index contributed by atoms with van der Waals surface area (Å²) in [5.41, 5.74) is 3.69. The summed E-state index contributed by atoms with van der Waals surface area (Å²) in [6, 6.07) is 19.9. The van der Waals surface area contributed by atoms with Crippen molar-refractivity contribution in [3.05, 3.63) is 101 Å². The molecule has 0 aliphatic rings. The number of amides is 1. The van der Waals surface area contributed by atoms with Gasteiger partial charge in [-0.15, -0.1) is 0 Å². The second-order valence-corrected chi connectivity index (χ2v) is 9.14. The first-order valence-corrected chi connectivity index (χ1v) is 12.6. The monoisotopic (exact) mass is 529 g/mol. The molecule has 0 unspecified atom stereocenters. The van der Waals surface area contributed by atoms with E-state index in [1.54, 1.807) is 54.6 Å². The number of anilines is 1. The van der Waals surface area contributed by atoms with Crippen LogP contribution >= 0.6 is 0 Å². The number of rotatable bonds is 12. The van der Waals surface area contributed by atoms with Crippen molar-refractivity contribution in [2.75, 3.05) is 11.9 Å². The third-order valence-corrected chi connectivity index (χ3v) is 6.09. The number of carbonyl (C=O) groups excluding carboxylic acids is 5. The topological polar surface area (TPSA) is 116 Å². The summed E-state index contributed by atoms with van der Waals surface area (Å²) in [7, 11) is 0. The molecular formula is C31H31NO7. The van der Waals surface area contributed by atoms with Gasteiger partial charge in [-0.25, -0.2) is 4.79 Å². The lowest BCUT2D eigenvalue weighted by Gasteiger charge is -2.12. The van der Waals surface area contributed by atoms with E-state index in [0.29, 0.717) is 16.8 Å². The SMILES string of the molecule is Cc1ccc(C(=O)COC(=O)CCCC(=O)Nc2ccc(C(=O)O[C@H](C)C(=O)c3ccccc3)cc2)cc1C. The van der Waals surface area contributed by atoms with Crippen LogP contribution in [0.5, 0.6) is 0 Å². The molecule has 3 aromatic carbocycles. The van der Waals surface area contributed by atoms with E-state index in [2.05, 4.69) is 5.32 Å². The molecule has 0 heterocycles. The van der Waals surface area contributed by atoms with E-state index in [-0.39, 0.29) is 48.9 Å². The van der Waals surface area contributed by atoms with Gasteiger partial charge < -0.3 is 14.8 Å². The van der Waals surface area contributed by atoms with Crippen LogP contribution < -0.4 is 5.32 Å². The largest absolute Gasteiger partial charge is 0.457 e. The molecule has 0 aliphatic heterocycles. The van der Waals surface area contributed by atoms with Crippen molar-refractivity contribution in [1.29, 1.82) is 0 Å². The van der Waals surface area contributed by atoms with E-state index in [1.165, 1.54) is 19.1 Å². The van der Waals surface area contributed by atoms with Gasteiger partial charge in [0.15, 0.2) is 18.5 Å². The van der Waals surface area contributed by atoms with Crippen LogP contribution in [0.3, 0.4) is 0 Å². The number of aryl methyl sites for hydroxylation is 2. The Hall–Kier alpha value is -4.59. The van der Waals surface area contributed by atoms with Crippen molar-refractivity contribution in [1.82, 2.24) is 0 Å². The van der Waals surface area contributed by atoms with Crippen LogP contribution in [0.4, 0.5) is 5.69 Å². The number of esters is 2. The smallest absolute Gasteiger partial charge is 0.338 e. The Balaban J connectivity index is 1.37. The van der Waals surface area contributed by atoms with Gasteiger partial charge in [0.1, 0.15) is 0 Å². The first-order chi connectivity index (χ1) is 18.6. The Morgan fingerprint density at radius 3 is 2.10 bits per heavy atom. The Bertz CT molecular complexity index is 1350. The third-order valence-electron chi connectivity index (χ3n) is 6.09. The van der Waals surface area contributed by atoms with Crippen molar-refractivity contribution in [3.8, 4) is 0 Å². The molecule has 202 valence electrons. The van der Waals surface area contributed by atoms with Crippen LogP contribution in [0.1, 0.15) is 68.4 Å². The second-order valence-electron chi connectivity index (χ2n) is 9.14. The molecule has 3 aromatic rings. The highest BCUT2D eigenvalue weighted by atomic mass is 16.5. The lowest BCUT2D eigenvalue weighted by molar-refractivity contribution is -0.142. The van der Waals surface area contributed by atoms with E-state index < -0.39 is 18.0 Å². The van der Waals surface area contributed by atoms with Crippen LogP contribution in [-0.2, 0) is 19.1 Å². The minimum absolute atomic E-state index is 0.00170. The molecule has 0 spiro atoms. The van der Waals surface area contributed by atoms with Gasteiger partial charge in [-0.1, -0.05) is 42.5 Å². The molecule has 0 fully saturated rings. The number of nitrogens with one attached hydrogen (secondary N) is 1. The summed E-state index contributed by atoms with van der Waals surface area (Å²) in [5, 5.41) is 2.69. The number of carbonyl (C=O) groups is 5. The maximum atomic E-state index is 12.4. The molecule has 0 saturated heterocycles. The lowest BCUT2D eigenvalue weighted by atomic mass is 10.0. The predicted molar refractivity (Wildman–Crippen MR) is 146 cm³/mol. The fourth-order valence-electron chi connectivity index (χ4n) is 3.64. The Morgan fingerprint density at radius 1 is 0.769 bits per heavy atom. The maximum absolute atomic E-state index is 12.4. The molecule has 3 rings (SSSR count). The summed E-state index contributed by atoms with van der Waals surface area (Å²) in [6.07, 6.45) is -0.627. The zero-order valence-corrected chi connectivity index (χ0v) is 22.2. The fraction of sp³-hybridized carbons (Fsp3) is 0.258. The summed E-state index contributed by atoms with van der Waals surface area (Å²) < 4.78 is 10.3. The number of benzene rings is 3. The summed E-state index contributed by atoms with van der Waals surface area (Å²) in [5.74, 6) is -2.10. The molecule has 1 N–H and O–H groups in total. The van der Waals surface area contributed by atoms with Crippen LogP contribution in [0.15, 0.2) is 72.8 Å². The summed E-state index contributed by atoms with van der Waals surface area (Å²) >= 11 is 0. The van der Waals surface area contributed by atoms with Crippen molar-refractivity contribution >= 4 is 35.1 Å². The van der Waals surface area contributed by atoms with Gasteiger partial charge in [-0.3, -0.25) is 19.2 Å². The third kappa shape index (κ3) is 8.74. The van der Waals surface area contributed by atoms with Crippen molar-refractivity contribution < 1.29 is 33.4 Å².